The average molecular weight is 403 g/mol. The van der Waals surface area contributed by atoms with E-state index in [1.54, 1.807) is 18.3 Å². The Labute approximate surface area is 142 Å². The summed E-state index contributed by atoms with van der Waals surface area (Å²) in [7, 11) is 1.99. The maximum Gasteiger partial charge on any atom is 0.271 e. The van der Waals surface area contributed by atoms with Gasteiger partial charge in [0.25, 0.3) is 5.91 Å². The number of hydrogen-bond acceptors (Lipinski definition) is 2. The van der Waals surface area contributed by atoms with Crippen molar-refractivity contribution in [1.82, 2.24) is 9.99 Å². The number of nitrogens with zero attached hydrogens (tertiary/aromatic N) is 2. The summed E-state index contributed by atoms with van der Waals surface area (Å²) in [4.78, 5) is 12.0. The first-order chi connectivity index (χ1) is 10.6. The maximum absolute atomic E-state index is 12.0. The van der Waals surface area contributed by atoms with Crippen LogP contribution in [0.1, 0.15) is 15.9 Å². The molecule has 3 aromatic rings. The van der Waals surface area contributed by atoms with Crippen molar-refractivity contribution in [2.45, 2.75) is 0 Å². The van der Waals surface area contributed by atoms with Crippen LogP contribution in [0.15, 0.2) is 59.8 Å². The number of benzene rings is 2. The Kier molecular flexibility index (Phi) is 4.24. The number of halogens is 1. The first-order valence-electron chi connectivity index (χ1n) is 6.78. The first-order valence-corrected chi connectivity index (χ1v) is 7.86. The average Bonchev–Trinajstić information content (AvgIpc) is 2.85. The van der Waals surface area contributed by atoms with Crippen LogP contribution in [0.25, 0.3) is 10.9 Å². The van der Waals surface area contributed by atoms with Gasteiger partial charge in [-0.15, -0.1) is 0 Å². The monoisotopic (exact) mass is 403 g/mol. The summed E-state index contributed by atoms with van der Waals surface area (Å²) in [5, 5.41) is 5.17. The standard InChI is InChI=1S/C17H14IN3O/c1-21-11-13(15-4-2-3-5-16(15)21)10-19-20-17(22)12-6-8-14(18)9-7-12/h2-11H,1H3,(H,20,22). The minimum Gasteiger partial charge on any atom is -0.350 e. The van der Waals surface area contributed by atoms with E-state index < -0.39 is 0 Å². The summed E-state index contributed by atoms with van der Waals surface area (Å²) in [5.41, 5.74) is 5.26. The number of aromatic nitrogens is 1. The fourth-order valence-corrected chi connectivity index (χ4v) is 2.66. The largest absolute Gasteiger partial charge is 0.350 e. The number of carbonyl (C=O) groups excluding carboxylic acids is 1. The fourth-order valence-electron chi connectivity index (χ4n) is 2.30. The van der Waals surface area contributed by atoms with Gasteiger partial charge in [0.05, 0.1) is 6.21 Å². The molecule has 1 aromatic heterocycles. The molecule has 0 radical (unpaired) electrons. The van der Waals surface area contributed by atoms with Crippen molar-refractivity contribution in [3.8, 4) is 0 Å². The van der Waals surface area contributed by atoms with E-state index in [1.165, 1.54) is 0 Å². The van der Waals surface area contributed by atoms with Crippen LogP contribution in [-0.4, -0.2) is 16.7 Å². The molecule has 0 aliphatic heterocycles. The zero-order valence-corrected chi connectivity index (χ0v) is 14.1. The molecule has 1 amide bonds. The minimum absolute atomic E-state index is 0.215. The zero-order chi connectivity index (χ0) is 15.5. The SMILES string of the molecule is Cn1cc(C=NNC(=O)c2ccc(I)cc2)c2ccccc21. The van der Waals surface area contributed by atoms with Gasteiger partial charge in [-0.05, 0) is 52.9 Å². The van der Waals surface area contributed by atoms with E-state index in [0.717, 1.165) is 20.0 Å². The lowest BCUT2D eigenvalue weighted by molar-refractivity contribution is 0.0955. The molecule has 0 aliphatic rings. The summed E-state index contributed by atoms with van der Waals surface area (Å²) < 4.78 is 3.13. The Bertz CT molecular complexity index is 850. The van der Waals surface area contributed by atoms with Crippen LogP contribution in [0.3, 0.4) is 0 Å². The number of fused-ring (bicyclic) bond motifs is 1. The highest BCUT2D eigenvalue weighted by molar-refractivity contribution is 14.1. The van der Waals surface area contributed by atoms with E-state index in [-0.39, 0.29) is 5.91 Å². The van der Waals surface area contributed by atoms with Gasteiger partial charge in [-0.1, -0.05) is 18.2 Å². The lowest BCUT2D eigenvalue weighted by Gasteiger charge is -1.99. The van der Waals surface area contributed by atoms with Crippen molar-refractivity contribution in [3.63, 3.8) is 0 Å². The van der Waals surface area contributed by atoms with Gasteiger partial charge in [-0.2, -0.15) is 5.10 Å². The fraction of sp³-hybridized carbons (Fsp3) is 0.0588. The molecule has 0 atom stereocenters. The lowest BCUT2D eigenvalue weighted by Crippen LogP contribution is -2.17. The number of aryl methyl sites for hydroxylation is 1. The van der Waals surface area contributed by atoms with Gasteiger partial charge in [0.1, 0.15) is 0 Å². The van der Waals surface area contributed by atoms with E-state index >= 15 is 0 Å². The van der Waals surface area contributed by atoms with Crippen LogP contribution in [0.5, 0.6) is 0 Å². The Morgan fingerprint density at radius 3 is 2.68 bits per heavy atom. The highest BCUT2D eigenvalue weighted by atomic mass is 127. The van der Waals surface area contributed by atoms with E-state index in [0.29, 0.717) is 5.56 Å². The Balaban J connectivity index is 1.76. The molecular weight excluding hydrogens is 389 g/mol. The van der Waals surface area contributed by atoms with E-state index in [1.807, 2.05) is 48.1 Å². The van der Waals surface area contributed by atoms with Gasteiger partial charge in [-0.3, -0.25) is 4.79 Å². The summed E-state index contributed by atoms with van der Waals surface area (Å²) in [6.07, 6.45) is 3.66. The second kappa shape index (κ2) is 6.31. The number of nitrogens with one attached hydrogen (secondary N) is 1. The van der Waals surface area contributed by atoms with Gasteiger partial charge < -0.3 is 4.57 Å². The highest BCUT2D eigenvalue weighted by Gasteiger charge is 2.05. The van der Waals surface area contributed by atoms with E-state index in [9.17, 15) is 4.79 Å². The molecule has 1 N–H and O–H groups in total. The Morgan fingerprint density at radius 1 is 1.18 bits per heavy atom. The number of hydrogen-bond donors (Lipinski definition) is 1. The Morgan fingerprint density at radius 2 is 1.91 bits per heavy atom. The molecule has 1 heterocycles. The number of carbonyl (C=O) groups is 1. The smallest absolute Gasteiger partial charge is 0.271 e. The van der Waals surface area contributed by atoms with Crippen LogP contribution < -0.4 is 5.43 Å². The van der Waals surface area contributed by atoms with Gasteiger partial charge in [0.15, 0.2) is 0 Å². The normalized spacial score (nSPS) is 11.2. The van der Waals surface area contributed by atoms with Gasteiger partial charge in [-0.25, -0.2) is 5.43 Å². The van der Waals surface area contributed by atoms with Crippen LogP contribution in [-0.2, 0) is 7.05 Å². The van der Waals surface area contributed by atoms with Crippen LogP contribution >= 0.6 is 22.6 Å². The predicted molar refractivity (Wildman–Crippen MR) is 97.1 cm³/mol. The predicted octanol–water partition coefficient (Wildman–Crippen LogP) is 3.55. The minimum atomic E-state index is -0.215. The van der Waals surface area contributed by atoms with Gasteiger partial charge >= 0.3 is 0 Å². The van der Waals surface area contributed by atoms with Crippen molar-refractivity contribution in [2.24, 2.45) is 12.1 Å². The third-order valence-electron chi connectivity index (χ3n) is 3.40. The van der Waals surface area contributed by atoms with Crippen molar-refractivity contribution in [1.29, 1.82) is 0 Å². The molecule has 0 unspecified atom stereocenters. The maximum atomic E-state index is 12.0. The van der Waals surface area contributed by atoms with Crippen molar-refractivity contribution in [3.05, 3.63) is 69.4 Å². The van der Waals surface area contributed by atoms with Gasteiger partial charge in [0.2, 0.25) is 0 Å². The third kappa shape index (κ3) is 3.04. The molecule has 0 saturated heterocycles. The van der Waals surface area contributed by atoms with Crippen molar-refractivity contribution < 1.29 is 4.79 Å². The van der Waals surface area contributed by atoms with Crippen molar-refractivity contribution >= 4 is 45.6 Å². The first kappa shape index (κ1) is 14.8. The number of hydrazone groups is 1. The van der Waals surface area contributed by atoms with Crippen molar-refractivity contribution in [2.75, 3.05) is 0 Å². The molecule has 22 heavy (non-hydrogen) atoms. The van der Waals surface area contributed by atoms with Gasteiger partial charge in [0, 0.05) is 38.8 Å². The molecule has 2 aromatic carbocycles. The summed E-state index contributed by atoms with van der Waals surface area (Å²) in [6.45, 7) is 0. The molecule has 0 saturated carbocycles. The molecule has 0 fully saturated rings. The third-order valence-corrected chi connectivity index (χ3v) is 4.12. The second-order valence-electron chi connectivity index (χ2n) is 4.92. The molecule has 5 heteroatoms. The summed E-state index contributed by atoms with van der Waals surface area (Å²) >= 11 is 2.20. The molecule has 3 rings (SSSR count). The number of para-hydroxylation sites is 1. The van der Waals surface area contributed by atoms with Crippen LogP contribution in [0.2, 0.25) is 0 Å². The highest BCUT2D eigenvalue weighted by Crippen LogP contribution is 2.18. The summed E-state index contributed by atoms with van der Waals surface area (Å²) in [6, 6.07) is 15.4. The number of rotatable bonds is 3. The zero-order valence-electron chi connectivity index (χ0n) is 12.0. The quantitative estimate of drug-likeness (QED) is 0.406. The number of amides is 1. The molecular formula is C17H14IN3O. The molecule has 4 nitrogen and oxygen atoms in total. The van der Waals surface area contributed by atoms with Crippen LogP contribution in [0.4, 0.5) is 0 Å². The lowest BCUT2D eigenvalue weighted by atomic mass is 10.2. The van der Waals surface area contributed by atoms with E-state index in [2.05, 4.69) is 39.2 Å². The topological polar surface area (TPSA) is 46.4 Å². The van der Waals surface area contributed by atoms with Crippen LogP contribution in [0, 0.1) is 3.57 Å². The molecule has 110 valence electrons. The van der Waals surface area contributed by atoms with E-state index in [4.69, 9.17) is 0 Å². The molecule has 0 spiro atoms. The molecule has 0 aliphatic carbocycles. The molecule has 0 bridgehead atoms. The summed E-state index contributed by atoms with van der Waals surface area (Å²) in [5.74, 6) is -0.215. The Hall–Kier alpha value is -2.15. The second-order valence-corrected chi connectivity index (χ2v) is 6.16.